The van der Waals surface area contributed by atoms with Crippen molar-refractivity contribution in [3.63, 3.8) is 0 Å². The molecule has 0 spiro atoms. The van der Waals surface area contributed by atoms with Gasteiger partial charge in [-0.25, -0.2) is 0 Å². The number of amides is 1. The Morgan fingerprint density at radius 3 is 2.29 bits per heavy atom. The quantitative estimate of drug-likeness (QED) is 0.148. The molecule has 2 aromatic rings. The van der Waals surface area contributed by atoms with Crippen LogP contribution in [0.25, 0.3) is 5.76 Å². The number of hydrogen-bond donors (Lipinski definition) is 1. The maximum atomic E-state index is 13.4. The van der Waals surface area contributed by atoms with E-state index in [0.29, 0.717) is 48.9 Å². The zero-order chi connectivity index (χ0) is 27.7. The highest BCUT2D eigenvalue weighted by Crippen LogP contribution is 2.42. The number of unbranched alkanes of at least 4 members (excludes halogenated alkanes) is 2. The molecular weight excluding hydrogens is 480 g/mol. The summed E-state index contributed by atoms with van der Waals surface area (Å²) in [7, 11) is 0. The van der Waals surface area contributed by atoms with Crippen LogP contribution < -0.4 is 9.47 Å². The standard InChI is InChI=1S/C31H42N2O5/c1-6-10-11-20-38-25-17-16-24(21-26(25)37-9-4)28-27(29(34)23-14-12-22(5)13-15-23)30(35)31(36)33(28)19-18-32(7-2)8-3/h12-17,21,28,34H,6-11,18-20H2,1-5H3/b29-27+. The molecule has 7 nitrogen and oxygen atoms in total. The van der Waals surface area contributed by atoms with E-state index in [4.69, 9.17) is 9.47 Å². The predicted molar refractivity (Wildman–Crippen MR) is 151 cm³/mol. The lowest BCUT2D eigenvalue weighted by atomic mass is 9.94. The molecule has 3 rings (SSSR count). The number of ketones is 1. The molecule has 0 bridgehead atoms. The summed E-state index contributed by atoms with van der Waals surface area (Å²) in [5.74, 6) is -0.257. The highest BCUT2D eigenvalue weighted by Gasteiger charge is 2.46. The van der Waals surface area contributed by atoms with Crippen molar-refractivity contribution in [3.8, 4) is 11.5 Å². The Morgan fingerprint density at radius 1 is 0.947 bits per heavy atom. The maximum absolute atomic E-state index is 13.4. The van der Waals surface area contributed by atoms with Gasteiger partial charge in [-0.3, -0.25) is 9.59 Å². The second kappa shape index (κ2) is 14.0. The molecule has 1 amide bonds. The largest absolute Gasteiger partial charge is 0.507 e. The summed E-state index contributed by atoms with van der Waals surface area (Å²) in [4.78, 5) is 30.5. The van der Waals surface area contributed by atoms with Gasteiger partial charge in [-0.1, -0.05) is 69.5 Å². The first-order chi connectivity index (χ1) is 18.4. The molecule has 2 aromatic carbocycles. The molecule has 0 saturated carbocycles. The molecular formula is C31H42N2O5. The minimum atomic E-state index is -0.736. The predicted octanol–water partition coefficient (Wildman–Crippen LogP) is 5.73. The Morgan fingerprint density at radius 2 is 1.66 bits per heavy atom. The highest BCUT2D eigenvalue weighted by atomic mass is 16.5. The molecule has 1 aliphatic heterocycles. The maximum Gasteiger partial charge on any atom is 0.295 e. The number of aliphatic hydroxyl groups excluding tert-OH is 1. The third kappa shape index (κ3) is 6.76. The Balaban J connectivity index is 2.08. The third-order valence-electron chi connectivity index (χ3n) is 7.01. The number of carbonyl (C=O) groups excluding carboxylic acids is 2. The fourth-order valence-corrected chi connectivity index (χ4v) is 4.73. The molecule has 206 valence electrons. The van der Waals surface area contributed by atoms with Crippen LogP contribution in [0.5, 0.6) is 11.5 Å². The van der Waals surface area contributed by atoms with Crippen molar-refractivity contribution in [3.05, 3.63) is 64.7 Å². The average molecular weight is 523 g/mol. The van der Waals surface area contributed by atoms with E-state index >= 15 is 0 Å². The van der Waals surface area contributed by atoms with Gasteiger partial charge in [-0.05, 0) is 51.1 Å². The Hall–Kier alpha value is -3.32. The molecule has 38 heavy (non-hydrogen) atoms. The van der Waals surface area contributed by atoms with Crippen LogP contribution in [0.4, 0.5) is 0 Å². The van der Waals surface area contributed by atoms with Crippen LogP contribution in [-0.4, -0.2) is 66.0 Å². The smallest absolute Gasteiger partial charge is 0.295 e. The van der Waals surface area contributed by atoms with Crippen LogP contribution in [-0.2, 0) is 9.59 Å². The summed E-state index contributed by atoms with van der Waals surface area (Å²) in [6.07, 6.45) is 3.14. The molecule has 1 fully saturated rings. The minimum absolute atomic E-state index is 0.0949. The van der Waals surface area contributed by atoms with Crippen molar-refractivity contribution in [1.82, 2.24) is 9.80 Å². The van der Waals surface area contributed by atoms with Crippen LogP contribution in [0, 0.1) is 6.92 Å². The molecule has 0 aromatic heterocycles. The van der Waals surface area contributed by atoms with Crippen LogP contribution >= 0.6 is 0 Å². The number of benzene rings is 2. The molecule has 0 radical (unpaired) electrons. The molecule has 1 saturated heterocycles. The van der Waals surface area contributed by atoms with E-state index in [2.05, 4.69) is 25.7 Å². The van der Waals surface area contributed by atoms with Crippen LogP contribution in [0.1, 0.15) is 69.7 Å². The topological polar surface area (TPSA) is 79.3 Å². The summed E-state index contributed by atoms with van der Waals surface area (Å²) in [6, 6.07) is 12.1. The van der Waals surface area contributed by atoms with Crippen molar-refractivity contribution in [2.75, 3.05) is 39.4 Å². The van der Waals surface area contributed by atoms with E-state index in [1.165, 1.54) is 0 Å². The number of carbonyl (C=O) groups is 2. The van der Waals surface area contributed by atoms with Crippen LogP contribution in [0.15, 0.2) is 48.0 Å². The number of likely N-dealkylation sites (tertiary alicyclic amines) is 1. The number of rotatable bonds is 14. The summed E-state index contributed by atoms with van der Waals surface area (Å²) >= 11 is 0. The van der Waals surface area contributed by atoms with E-state index in [9.17, 15) is 14.7 Å². The number of ether oxygens (including phenoxy) is 2. The van der Waals surface area contributed by atoms with Crippen LogP contribution in [0.3, 0.4) is 0 Å². The van der Waals surface area contributed by atoms with Gasteiger partial charge in [0.25, 0.3) is 11.7 Å². The molecule has 1 heterocycles. The normalized spacial score (nSPS) is 16.9. The van der Waals surface area contributed by atoms with Gasteiger partial charge in [0, 0.05) is 18.7 Å². The zero-order valence-electron chi connectivity index (χ0n) is 23.5. The summed E-state index contributed by atoms with van der Waals surface area (Å²) in [6.45, 7) is 13.8. The number of aryl methyl sites for hydroxylation is 1. The lowest BCUT2D eigenvalue weighted by Crippen LogP contribution is -2.38. The zero-order valence-corrected chi connectivity index (χ0v) is 23.5. The fourth-order valence-electron chi connectivity index (χ4n) is 4.73. The summed E-state index contributed by atoms with van der Waals surface area (Å²) < 4.78 is 11.9. The minimum Gasteiger partial charge on any atom is -0.507 e. The van der Waals surface area contributed by atoms with Gasteiger partial charge in [0.2, 0.25) is 0 Å². The van der Waals surface area contributed by atoms with E-state index in [1.54, 1.807) is 17.0 Å². The number of aliphatic hydroxyl groups is 1. The molecule has 0 aliphatic carbocycles. The third-order valence-corrected chi connectivity index (χ3v) is 7.01. The number of nitrogens with zero attached hydrogens (tertiary/aromatic N) is 2. The van der Waals surface area contributed by atoms with E-state index < -0.39 is 17.7 Å². The fraction of sp³-hybridized carbons (Fsp3) is 0.484. The molecule has 1 atom stereocenters. The number of Topliss-reactive ketones (excluding diaryl/α,β-unsaturated/α-hetero) is 1. The molecule has 1 N–H and O–H groups in total. The van der Waals surface area contributed by atoms with E-state index in [-0.39, 0.29) is 11.3 Å². The van der Waals surface area contributed by atoms with Crippen molar-refractivity contribution in [2.24, 2.45) is 0 Å². The molecule has 1 aliphatic rings. The highest BCUT2D eigenvalue weighted by molar-refractivity contribution is 6.46. The van der Waals surface area contributed by atoms with Gasteiger partial charge >= 0.3 is 0 Å². The lowest BCUT2D eigenvalue weighted by Gasteiger charge is -2.28. The summed E-state index contributed by atoms with van der Waals surface area (Å²) in [5, 5.41) is 11.3. The van der Waals surface area contributed by atoms with Crippen molar-refractivity contribution in [2.45, 2.75) is 59.9 Å². The SMILES string of the molecule is CCCCCOc1ccc(C2/C(=C(\O)c3ccc(C)cc3)C(=O)C(=O)N2CCN(CC)CC)cc1OCC. The molecule has 1 unspecified atom stereocenters. The lowest BCUT2D eigenvalue weighted by molar-refractivity contribution is -0.140. The van der Waals surface area contributed by atoms with Crippen molar-refractivity contribution >= 4 is 17.4 Å². The van der Waals surface area contributed by atoms with E-state index in [1.807, 2.05) is 44.2 Å². The van der Waals surface area contributed by atoms with Gasteiger partial charge in [0.15, 0.2) is 11.5 Å². The average Bonchev–Trinajstić information content (AvgIpc) is 3.17. The Bertz CT molecular complexity index is 1120. The Labute approximate surface area is 227 Å². The molecule has 7 heteroatoms. The second-order valence-electron chi connectivity index (χ2n) is 9.58. The summed E-state index contributed by atoms with van der Waals surface area (Å²) in [5.41, 5.74) is 2.33. The van der Waals surface area contributed by atoms with Gasteiger partial charge in [-0.2, -0.15) is 0 Å². The first-order valence-electron chi connectivity index (χ1n) is 13.8. The van der Waals surface area contributed by atoms with Gasteiger partial charge < -0.3 is 24.4 Å². The van der Waals surface area contributed by atoms with Crippen molar-refractivity contribution in [1.29, 1.82) is 0 Å². The first kappa shape index (κ1) is 29.2. The van der Waals surface area contributed by atoms with Gasteiger partial charge in [0.05, 0.1) is 24.8 Å². The number of hydrogen-bond acceptors (Lipinski definition) is 6. The van der Waals surface area contributed by atoms with Gasteiger partial charge in [0.1, 0.15) is 5.76 Å². The van der Waals surface area contributed by atoms with Crippen molar-refractivity contribution < 1.29 is 24.2 Å². The van der Waals surface area contributed by atoms with Crippen LogP contribution in [0.2, 0.25) is 0 Å². The first-order valence-corrected chi connectivity index (χ1v) is 13.8. The second-order valence-corrected chi connectivity index (χ2v) is 9.58. The van der Waals surface area contributed by atoms with E-state index in [0.717, 1.165) is 37.9 Å². The number of likely N-dealkylation sites (N-methyl/N-ethyl adjacent to an activating group) is 1. The van der Waals surface area contributed by atoms with Gasteiger partial charge in [-0.15, -0.1) is 0 Å². The Kier molecular flexibility index (Phi) is 10.8. The monoisotopic (exact) mass is 522 g/mol.